The fourth-order valence-electron chi connectivity index (χ4n) is 2.92. The second-order valence-electron chi connectivity index (χ2n) is 5.91. The smallest absolute Gasteiger partial charge is 0.259 e. The number of piperidine rings is 1. The lowest BCUT2D eigenvalue weighted by molar-refractivity contribution is 0.102. The number of hydrogen-bond donors (Lipinski definition) is 2. The molecule has 6 nitrogen and oxygen atoms in total. The van der Waals surface area contributed by atoms with Crippen molar-refractivity contribution in [3.63, 3.8) is 0 Å². The summed E-state index contributed by atoms with van der Waals surface area (Å²) in [5.41, 5.74) is 1.82. The van der Waals surface area contributed by atoms with E-state index in [4.69, 9.17) is 4.74 Å². The third kappa shape index (κ3) is 3.54. The zero-order valence-electron chi connectivity index (χ0n) is 14.0. The number of rotatable bonds is 4. The number of aryl methyl sites for hydroxylation is 1. The molecule has 3 rings (SSSR count). The first-order chi connectivity index (χ1) is 11.7. The Bertz CT molecular complexity index is 727. The minimum Gasteiger partial charge on any atom is -0.495 e. The Kier molecular flexibility index (Phi) is 5.05. The molecule has 1 aliphatic heterocycles. The lowest BCUT2D eigenvalue weighted by Crippen LogP contribution is -2.28. The zero-order valence-corrected chi connectivity index (χ0v) is 14.0. The second-order valence-corrected chi connectivity index (χ2v) is 5.91. The maximum Gasteiger partial charge on any atom is 0.259 e. The van der Waals surface area contributed by atoms with Gasteiger partial charge in [-0.05, 0) is 45.0 Å². The van der Waals surface area contributed by atoms with E-state index >= 15 is 0 Å². The van der Waals surface area contributed by atoms with Crippen molar-refractivity contribution >= 4 is 11.6 Å². The van der Waals surface area contributed by atoms with Gasteiger partial charge in [-0.1, -0.05) is 12.1 Å². The van der Waals surface area contributed by atoms with Gasteiger partial charge in [0.05, 0.1) is 24.1 Å². The van der Waals surface area contributed by atoms with Gasteiger partial charge in [0.15, 0.2) is 0 Å². The second kappa shape index (κ2) is 7.40. The molecule has 1 saturated heterocycles. The number of carbonyl (C=O) groups is 1. The van der Waals surface area contributed by atoms with Crippen LogP contribution in [0.5, 0.6) is 5.75 Å². The number of amides is 1. The molecule has 24 heavy (non-hydrogen) atoms. The quantitative estimate of drug-likeness (QED) is 0.903. The molecule has 0 aliphatic carbocycles. The van der Waals surface area contributed by atoms with Crippen molar-refractivity contribution in [2.24, 2.45) is 0 Å². The summed E-state index contributed by atoms with van der Waals surface area (Å²) < 4.78 is 5.26. The van der Waals surface area contributed by atoms with Crippen molar-refractivity contribution in [2.75, 3.05) is 25.5 Å². The third-order valence-electron chi connectivity index (χ3n) is 4.30. The van der Waals surface area contributed by atoms with Crippen LogP contribution < -0.4 is 15.4 Å². The number of methoxy groups -OCH3 is 1. The van der Waals surface area contributed by atoms with Crippen LogP contribution in [0.15, 0.2) is 30.5 Å². The average Bonchev–Trinajstić information content (AvgIpc) is 2.62. The average molecular weight is 326 g/mol. The summed E-state index contributed by atoms with van der Waals surface area (Å²) in [7, 11) is 1.58. The molecule has 0 bridgehead atoms. The lowest BCUT2D eigenvalue weighted by atomic mass is 9.97. The number of nitrogens with zero attached hydrogens (tertiary/aromatic N) is 2. The Labute approximate surface area is 141 Å². The summed E-state index contributed by atoms with van der Waals surface area (Å²) in [5, 5.41) is 6.20. The van der Waals surface area contributed by atoms with Gasteiger partial charge in [-0.15, -0.1) is 0 Å². The Hall–Kier alpha value is -2.47. The number of carbonyl (C=O) groups excluding carboxylic acids is 1. The van der Waals surface area contributed by atoms with E-state index in [9.17, 15) is 4.79 Å². The topological polar surface area (TPSA) is 76.1 Å². The van der Waals surface area contributed by atoms with Crippen LogP contribution in [0.3, 0.4) is 0 Å². The van der Waals surface area contributed by atoms with E-state index in [1.165, 1.54) is 0 Å². The highest BCUT2D eigenvalue weighted by molar-refractivity contribution is 6.05. The van der Waals surface area contributed by atoms with E-state index in [0.717, 1.165) is 31.8 Å². The van der Waals surface area contributed by atoms with Crippen LogP contribution in [-0.4, -0.2) is 36.1 Å². The molecular formula is C18H22N4O2. The predicted octanol–water partition coefficient (Wildman–Crippen LogP) is 2.51. The van der Waals surface area contributed by atoms with Crippen LogP contribution in [0.1, 0.15) is 40.6 Å². The van der Waals surface area contributed by atoms with Crippen LogP contribution in [0.4, 0.5) is 5.69 Å². The van der Waals surface area contributed by atoms with E-state index < -0.39 is 0 Å². The highest BCUT2D eigenvalue weighted by Crippen LogP contribution is 2.25. The Morgan fingerprint density at radius 2 is 2.04 bits per heavy atom. The van der Waals surface area contributed by atoms with Crippen LogP contribution in [-0.2, 0) is 0 Å². The molecule has 2 aromatic rings. The molecule has 2 heterocycles. The van der Waals surface area contributed by atoms with E-state index in [1.807, 2.05) is 19.1 Å². The van der Waals surface area contributed by atoms with E-state index in [0.29, 0.717) is 28.6 Å². The Morgan fingerprint density at radius 1 is 1.29 bits per heavy atom. The summed E-state index contributed by atoms with van der Waals surface area (Å²) in [6, 6.07) is 7.31. The molecule has 1 aliphatic rings. The maximum atomic E-state index is 12.5. The monoisotopic (exact) mass is 326 g/mol. The number of para-hydroxylation sites is 2. The number of hydrogen-bond acceptors (Lipinski definition) is 5. The van der Waals surface area contributed by atoms with Crippen molar-refractivity contribution in [3.8, 4) is 5.75 Å². The van der Waals surface area contributed by atoms with Gasteiger partial charge in [0.1, 0.15) is 11.6 Å². The summed E-state index contributed by atoms with van der Waals surface area (Å²) in [6.45, 7) is 3.83. The summed E-state index contributed by atoms with van der Waals surface area (Å²) >= 11 is 0. The van der Waals surface area contributed by atoms with E-state index in [-0.39, 0.29) is 5.91 Å². The van der Waals surface area contributed by atoms with Crippen molar-refractivity contribution < 1.29 is 9.53 Å². The van der Waals surface area contributed by atoms with Gasteiger partial charge in [-0.3, -0.25) is 4.79 Å². The molecule has 0 atom stereocenters. The first-order valence-electron chi connectivity index (χ1n) is 8.17. The normalized spacial score (nSPS) is 15.1. The van der Waals surface area contributed by atoms with Crippen LogP contribution in [0, 0.1) is 6.92 Å². The lowest BCUT2D eigenvalue weighted by Gasteiger charge is -2.21. The van der Waals surface area contributed by atoms with Crippen molar-refractivity contribution in [2.45, 2.75) is 25.7 Å². The molecule has 0 spiro atoms. The van der Waals surface area contributed by atoms with Crippen molar-refractivity contribution in [1.29, 1.82) is 0 Å². The van der Waals surface area contributed by atoms with Crippen LogP contribution >= 0.6 is 0 Å². The van der Waals surface area contributed by atoms with E-state index in [2.05, 4.69) is 20.6 Å². The van der Waals surface area contributed by atoms with Gasteiger partial charge in [-0.2, -0.15) is 0 Å². The number of aromatic nitrogens is 2. The van der Waals surface area contributed by atoms with Crippen LogP contribution in [0.2, 0.25) is 0 Å². The first-order valence-corrected chi connectivity index (χ1v) is 8.17. The largest absolute Gasteiger partial charge is 0.495 e. The zero-order chi connectivity index (χ0) is 16.9. The maximum absolute atomic E-state index is 12.5. The van der Waals surface area contributed by atoms with Gasteiger partial charge in [0.25, 0.3) is 5.91 Å². The minimum atomic E-state index is -0.228. The molecule has 126 valence electrons. The molecule has 6 heteroatoms. The minimum absolute atomic E-state index is 0.228. The third-order valence-corrected chi connectivity index (χ3v) is 4.30. The number of benzene rings is 1. The van der Waals surface area contributed by atoms with Crippen molar-refractivity contribution in [3.05, 3.63) is 47.5 Å². The standard InChI is InChI=1S/C18H22N4O2/c1-12-14(11-20-17(21-12)13-7-9-19-10-8-13)18(23)22-15-5-3-4-6-16(15)24-2/h3-6,11,13,19H,7-10H2,1-2H3,(H,22,23). The van der Waals surface area contributed by atoms with E-state index in [1.54, 1.807) is 25.4 Å². The summed E-state index contributed by atoms with van der Waals surface area (Å²) in [4.78, 5) is 21.5. The van der Waals surface area contributed by atoms with Gasteiger partial charge in [0, 0.05) is 12.1 Å². The van der Waals surface area contributed by atoms with Gasteiger partial charge in [0.2, 0.25) is 0 Å². The SMILES string of the molecule is COc1ccccc1NC(=O)c1cnc(C2CCNCC2)nc1C. The fourth-order valence-corrected chi connectivity index (χ4v) is 2.92. The fraction of sp³-hybridized carbons (Fsp3) is 0.389. The molecule has 0 unspecified atom stereocenters. The highest BCUT2D eigenvalue weighted by Gasteiger charge is 2.20. The Balaban J connectivity index is 1.77. The predicted molar refractivity (Wildman–Crippen MR) is 92.6 cm³/mol. The molecule has 1 amide bonds. The number of anilines is 1. The van der Waals surface area contributed by atoms with Gasteiger partial charge in [-0.25, -0.2) is 9.97 Å². The van der Waals surface area contributed by atoms with Gasteiger partial charge >= 0.3 is 0 Å². The molecule has 1 aromatic heterocycles. The number of nitrogens with one attached hydrogen (secondary N) is 2. The summed E-state index contributed by atoms with van der Waals surface area (Å²) in [5.74, 6) is 1.60. The van der Waals surface area contributed by atoms with Crippen LogP contribution in [0.25, 0.3) is 0 Å². The molecule has 2 N–H and O–H groups in total. The highest BCUT2D eigenvalue weighted by atomic mass is 16.5. The Morgan fingerprint density at radius 3 is 2.75 bits per heavy atom. The number of ether oxygens (including phenoxy) is 1. The first kappa shape index (κ1) is 16.4. The molecule has 0 radical (unpaired) electrons. The molecule has 1 aromatic carbocycles. The summed E-state index contributed by atoms with van der Waals surface area (Å²) in [6.07, 6.45) is 3.70. The molecular weight excluding hydrogens is 304 g/mol. The molecule has 1 fully saturated rings. The molecule has 0 saturated carbocycles. The van der Waals surface area contributed by atoms with Gasteiger partial charge < -0.3 is 15.4 Å². The van der Waals surface area contributed by atoms with Crippen molar-refractivity contribution in [1.82, 2.24) is 15.3 Å².